The molecule has 0 saturated carbocycles. The maximum Gasteiger partial charge on any atom is 0.243 e. The van der Waals surface area contributed by atoms with E-state index in [1.165, 1.54) is 16.4 Å². The van der Waals surface area contributed by atoms with Crippen LogP contribution < -0.4 is 5.32 Å². The van der Waals surface area contributed by atoms with Crippen molar-refractivity contribution in [2.45, 2.75) is 11.4 Å². The Kier molecular flexibility index (Phi) is 6.06. The summed E-state index contributed by atoms with van der Waals surface area (Å²) in [7, 11) is -3.87. The molecule has 4 rings (SSSR count). The summed E-state index contributed by atoms with van der Waals surface area (Å²) in [6.45, 7) is -0.231. The standard InChI is InChI=1S/C24H21N3O3S/c28-24(26-23-15-7-14-22-21(23)13-8-16-25-22)18-27(17-19-9-3-1-4-10-19)31(29,30)20-11-5-2-6-12-20/h1-16H,17-18H2,(H,26,28). The number of hydrogen-bond acceptors (Lipinski definition) is 4. The third-order valence-electron chi connectivity index (χ3n) is 4.82. The van der Waals surface area contributed by atoms with E-state index in [1.807, 2.05) is 42.5 Å². The van der Waals surface area contributed by atoms with Gasteiger partial charge in [-0.05, 0) is 42.0 Å². The lowest BCUT2D eigenvalue weighted by Crippen LogP contribution is -2.37. The summed E-state index contributed by atoms with van der Waals surface area (Å²) in [5.74, 6) is -0.424. The number of nitrogens with zero attached hydrogens (tertiary/aromatic N) is 2. The van der Waals surface area contributed by atoms with Crippen LogP contribution in [0, 0.1) is 0 Å². The van der Waals surface area contributed by atoms with Crippen LogP contribution in [-0.4, -0.2) is 30.2 Å². The van der Waals surface area contributed by atoms with Crippen LogP contribution in [-0.2, 0) is 21.4 Å². The lowest BCUT2D eigenvalue weighted by atomic mass is 10.2. The second kappa shape index (κ2) is 9.07. The Hall–Kier alpha value is -3.55. The van der Waals surface area contributed by atoms with Crippen LogP contribution in [0.1, 0.15) is 5.56 Å². The first-order chi connectivity index (χ1) is 15.0. The molecule has 0 aliphatic carbocycles. The maximum atomic E-state index is 13.3. The predicted molar refractivity (Wildman–Crippen MR) is 121 cm³/mol. The highest BCUT2D eigenvalue weighted by atomic mass is 32.2. The van der Waals surface area contributed by atoms with Gasteiger partial charge in [0.2, 0.25) is 15.9 Å². The zero-order chi connectivity index (χ0) is 21.7. The van der Waals surface area contributed by atoms with Gasteiger partial charge in [-0.3, -0.25) is 9.78 Å². The van der Waals surface area contributed by atoms with E-state index in [0.29, 0.717) is 5.69 Å². The number of aromatic nitrogens is 1. The van der Waals surface area contributed by atoms with Crippen LogP contribution in [0.5, 0.6) is 0 Å². The molecule has 0 fully saturated rings. The topological polar surface area (TPSA) is 79.4 Å². The summed E-state index contributed by atoms with van der Waals surface area (Å²) in [5.41, 5.74) is 2.13. The Bertz CT molecular complexity index is 1290. The minimum Gasteiger partial charge on any atom is -0.324 e. The molecule has 156 valence electrons. The average Bonchev–Trinajstić information content (AvgIpc) is 2.80. The quantitative estimate of drug-likeness (QED) is 0.479. The Morgan fingerprint density at radius 3 is 2.29 bits per heavy atom. The fraction of sp³-hybridized carbons (Fsp3) is 0.0833. The number of carbonyl (C=O) groups excluding carboxylic acids is 1. The summed E-state index contributed by atoms with van der Waals surface area (Å²) in [6.07, 6.45) is 1.68. The molecule has 3 aromatic carbocycles. The van der Waals surface area contributed by atoms with E-state index in [2.05, 4.69) is 10.3 Å². The zero-order valence-electron chi connectivity index (χ0n) is 16.7. The third kappa shape index (κ3) is 4.79. The van der Waals surface area contributed by atoms with Crippen molar-refractivity contribution in [3.05, 3.63) is 103 Å². The van der Waals surface area contributed by atoms with Gasteiger partial charge in [-0.1, -0.05) is 54.6 Å². The van der Waals surface area contributed by atoms with Crippen LogP contribution in [0.15, 0.2) is 102 Å². The third-order valence-corrected chi connectivity index (χ3v) is 6.63. The number of sulfonamides is 1. The molecule has 0 aliphatic heterocycles. The predicted octanol–water partition coefficient (Wildman–Crippen LogP) is 4.06. The summed E-state index contributed by atoms with van der Waals surface area (Å²) in [4.78, 5) is 17.3. The van der Waals surface area contributed by atoms with Crippen molar-refractivity contribution in [1.82, 2.24) is 9.29 Å². The average molecular weight is 432 g/mol. The summed E-state index contributed by atoms with van der Waals surface area (Å²) >= 11 is 0. The van der Waals surface area contributed by atoms with E-state index in [4.69, 9.17) is 0 Å². The molecule has 7 heteroatoms. The van der Waals surface area contributed by atoms with Gasteiger partial charge in [0.15, 0.2) is 0 Å². The van der Waals surface area contributed by atoms with Gasteiger partial charge in [0.1, 0.15) is 0 Å². The first-order valence-electron chi connectivity index (χ1n) is 9.77. The minimum absolute atomic E-state index is 0.0859. The molecular formula is C24H21N3O3S. The Morgan fingerprint density at radius 1 is 0.839 bits per heavy atom. The van der Waals surface area contributed by atoms with Crippen molar-refractivity contribution in [2.75, 3.05) is 11.9 Å². The lowest BCUT2D eigenvalue weighted by molar-refractivity contribution is -0.116. The molecule has 0 unspecified atom stereocenters. The second-order valence-corrected chi connectivity index (χ2v) is 8.93. The number of pyridine rings is 1. The van der Waals surface area contributed by atoms with Crippen molar-refractivity contribution in [1.29, 1.82) is 0 Å². The number of hydrogen-bond donors (Lipinski definition) is 1. The SMILES string of the molecule is O=C(CN(Cc1ccccc1)S(=O)(=O)c1ccccc1)Nc1cccc2ncccc12. The van der Waals surface area contributed by atoms with Crippen molar-refractivity contribution in [2.24, 2.45) is 0 Å². The Morgan fingerprint density at radius 2 is 1.55 bits per heavy atom. The lowest BCUT2D eigenvalue weighted by Gasteiger charge is -2.22. The van der Waals surface area contributed by atoms with E-state index >= 15 is 0 Å². The van der Waals surface area contributed by atoms with Crippen LogP contribution in [0.3, 0.4) is 0 Å². The molecule has 0 bridgehead atoms. The summed E-state index contributed by atoms with van der Waals surface area (Å²) < 4.78 is 27.7. The molecule has 1 amide bonds. The van der Waals surface area contributed by atoms with Crippen LogP contribution >= 0.6 is 0 Å². The van der Waals surface area contributed by atoms with Crippen molar-refractivity contribution >= 4 is 32.5 Å². The number of nitrogens with one attached hydrogen (secondary N) is 1. The highest BCUT2D eigenvalue weighted by molar-refractivity contribution is 7.89. The molecule has 4 aromatic rings. The van der Waals surface area contributed by atoms with Crippen LogP contribution in [0.4, 0.5) is 5.69 Å². The molecule has 0 saturated heterocycles. The normalized spacial score (nSPS) is 11.5. The monoisotopic (exact) mass is 431 g/mol. The molecule has 1 aromatic heterocycles. The number of amides is 1. The first-order valence-corrected chi connectivity index (χ1v) is 11.2. The van der Waals surface area contributed by atoms with Crippen molar-refractivity contribution in [3.8, 4) is 0 Å². The van der Waals surface area contributed by atoms with Gasteiger partial charge in [-0.15, -0.1) is 0 Å². The van der Waals surface area contributed by atoms with E-state index in [0.717, 1.165) is 16.5 Å². The number of benzene rings is 3. The number of rotatable bonds is 7. The molecular weight excluding hydrogens is 410 g/mol. The Labute approximate surface area is 181 Å². The van der Waals surface area contributed by atoms with Crippen LogP contribution in [0.25, 0.3) is 10.9 Å². The van der Waals surface area contributed by atoms with Gasteiger partial charge >= 0.3 is 0 Å². The van der Waals surface area contributed by atoms with Gasteiger partial charge in [0.05, 0.1) is 22.6 Å². The smallest absolute Gasteiger partial charge is 0.243 e. The molecule has 0 aliphatic rings. The van der Waals surface area contributed by atoms with Crippen molar-refractivity contribution in [3.63, 3.8) is 0 Å². The minimum atomic E-state index is -3.87. The molecule has 0 radical (unpaired) electrons. The Balaban J connectivity index is 1.61. The van der Waals surface area contributed by atoms with E-state index in [9.17, 15) is 13.2 Å². The summed E-state index contributed by atoms with van der Waals surface area (Å²) in [5, 5.41) is 3.63. The highest BCUT2D eigenvalue weighted by Crippen LogP contribution is 2.22. The number of fused-ring (bicyclic) bond motifs is 1. The van der Waals surface area contributed by atoms with E-state index in [1.54, 1.807) is 42.6 Å². The van der Waals surface area contributed by atoms with Crippen LogP contribution in [0.2, 0.25) is 0 Å². The molecule has 1 N–H and O–H groups in total. The van der Waals surface area contributed by atoms with Gasteiger partial charge < -0.3 is 5.32 Å². The largest absolute Gasteiger partial charge is 0.324 e. The van der Waals surface area contributed by atoms with Gasteiger partial charge in [-0.2, -0.15) is 4.31 Å². The number of carbonyl (C=O) groups is 1. The van der Waals surface area contributed by atoms with E-state index in [-0.39, 0.29) is 18.0 Å². The summed E-state index contributed by atoms with van der Waals surface area (Å²) in [6, 6.07) is 26.4. The molecule has 31 heavy (non-hydrogen) atoms. The number of anilines is 1. The molecule has 0 atom stereocenters. The van der Waals surface area contributed by atoms with Gasteiger partial charge in [0.25, 0.3) is 0 Å². The maximum absolute atomic E-state index is 13.3. The highest BCUT2D eigenvalue weighted by Gasteiger charge is 2.27. The molecule has 6 nitrogen and oxygen atoms in total. The van der Waals surface area contributed by atoms with E-state index < -0.39 is 15.9 Å². The van der Waals surface area contributed by atoms with Crippen molar-refractivity contribution < 1.29 is 13.2 Å². The molecule has 1 heterocycles. The second-order valence-electron chi connectivity index (χ2n) is 7.00. The van der Waals surface area contributed by atoms with Gasteiger partial charge in [0, 0.05) is 18.1 Å². The zero-order valence-corrected chi connectivity index (χ0v) is 17.5. The first kappa shape index (κ1) is 20.7. The van der Waals surface area contributed by atoms with Gasteiger partial charge in [-0.25, -0.2) is 8.42 Å². The fourth-order valence-electron chi connectivity index (χ4n) is 3.32. The fourth-order valence-corrected chi connectivity index (χ4v) is 4.72. The molecule has 0 spiro atoms.